The smallest absolute Gasteiger partial charge is 0.328 e. The van der Waals surface area contributed by atoms with E-state index in [-0.39, 0.29) is 11.8 Å². The number of ether oxygens (including phenoxy) is 1. The highest BCUT2D eigenvalue weighted by Gasteiger charge is 2.15. The van der Waals surface area contributed by atoms with Gasteiger partial charge in [0.05, 0.1) is 5.60 Å². The second-order valence-corrected chi connectivity index (χ2v) is 5.83. The summed E-state index contributed by atoms with van der Waals surface area (Å²) in [7, 11) is 1.75. The van der Waals surface area contributed by atoms with Crippen LogP contribution in [0.1, 0.15) is 53.4 Å². The number of hydrogen-bond acceptors (Lipinski definition) is 3. The summed E-state index contributed by atoms with van der Waals surface area (Å²) in [4.78, 5) is 10.4. The maximum atomic E-state index is 10.4. The molecule has 0 aliphatic heterocycles. The molecule has 0 saturated heterocycles. The van der Waals surface area contributed by atoms with Crippen LogP contribution in [0.5, 0.6) is 0 Å². The zero-order valence-corrected chi connectivity index (χ0v) is 13.6. The Morgan fingerprint density at radius 1 is 1.40 bits per heavy atom. The Bertz CT molecular complexity index is 333. The molecule has 0 aromatic rings. The van der Waals surface area contributed by atoms with Crippen molar-refractivity contribution >= 4 is 5.97 Å². The lowest BCUT2D eigenvalue weighted by Gasteiger charge is -2.23. The van der Waals surface area contributed by atoms with Crippen LogP contribution in [0, 0.1) is 5.92 Å². The minimum atomic E-state index is -0.892. The van der Waals surface area contributed by atoms with E-state index in [9.17, 15) is 4.79 Å². The van der Waals surface area contributed by atoms with Crippen molar-refractivity contribution in [1.82, 2.24) is 6.15 Å². The highest BCUT2D eigenvalue weighted by Crippen LogP contribution is 2.20. The largest absolute Gasteiger partial charge is 0.478 e. The van der Waals surface area contributed by atoms with Gasteiger partial charge < -0.3 is 16.0 Å². The van der Waals surface area contributed by atoms with E-state index in [0.29, 0.717) is 5.92 Å². The van der Waals surface area contributed by atoms with E-state index in [0.717, 1.165) is 24.8 Å². The molecular formula is C16H31NO3. The minimum absolute atomic E-state index is 0. The molecule has 0 aliphatic carbocycles. The van der Waals surface area contributed by atoms with E-state index in [1.54, 1.807) is 14.0 Å². The molecule has 0 spiro atoms. The summed E-state index contributed by atoms with van der Waals surface area (Å²) >= 11 is 0. The summed E-state index contributed by atoms with van der Waals surface area (Å²) < 4.78 is 5.39. The third-order valence-electron chi connectivity index (χ3n) is 3.30. The fourth-order valence-electron chi connectivity index (χ4n) is 1.83. The van der Waals surface area contributed by atoms with E-state index in [2.05, 4.69) is 26.8 Å². The molecule has 0 aromatic carbocycles. The summed E-state index contributed by atoms with van der Waals surface area (Å²) in [6, 6.07) is 0. The minimum Gasteiger partial charge on any atom is -0.478 e. The summed E-state index contributed by atoms with van der Waals surface area (Å²) in [5.41, 5.74) is 0.747. The summed E-state index contributed by atoms with van der Waals surface area (Å²) in [5.74, 6) is -0.279. The quantitative estimate of drug-likeness (QED) is 0.487. The first-order valence-electron chi connectivity index (χ1n) is 6.90. The molecule has 20 heavy (non-hydrogen) atoms. The van der Waals surface area contributed by atoms with Gasteiger partial charge in [0.1, 0.15) is 0 Å². The Morgan fingerprint density at radius 2 is 2.00 bits per heavy atom. The van der Waals surface area contributed by atoms with Crippen molar-refractivity contribution in [2.75, 3.05) is 7.11 Å². The third-order valence-corrected chi connectivity index (χ3v) is 3.30. The van der Waals surface area contributed by atoms with E-state index in [1.807, 2.05) is 6.08 Å². The lowest BCUT2D eigenvalue weighted by atomic mass is 9.95. The standard InChI is InChI=1S/C16H28O3.H3N/c1-13(10-7-11-16(3,4)19-5)8-6-9-14(2)12-15(17)18;/h6,9,12-13H,7-8,10-11H2,1-5H3,(H,17,18);1H3/b9-6-,14-12-;. The van der Waals surface area contributed by atoms with E-state index >= 15 is 0 Å². The number of carbonyl (C=O) groups is 1. The predicted octanol–water partition coefficient (Wildman–Crippen LogP) is 4.36. The number of aliphatic carboxylic acids is 1. The molecule has 118 valence electrons. The second kappa shape index (κ2) is 10.6. The van der Waals surface area contributed by atoms with Gasteiger partial charge in [0.15, 0.2) is 0 Å². The van der Waals surface area contributed by atoms with Crippen LogP contribution in [-0.2, 0) is 9.53 Å². The topological polar surface area (TPSA) is 81.5 Å². The van der Waals surface area contributed by atoms with E-state index in [4.69, 9.17) is 9.84 Å². The van der Waals surface area contributed by atoms with Crippen LogP contribution in [-0.4, -0.2) is 23.8 Å². The van der Waals surface area contributed by atoms with Crippen LogP contribution in [0.15, 0.2) is 23.8 Å². The molecule has 0 saturated carbocycles. The molecule has 1 atom stereocenters. The first kappa shape index (κ1) is 21.2. The monoisotopic (exact) mass is 285 g/mol. The van der Waals surface area contributed by atoms with Crippen molar-refractivity contribution in [3.63, 3.8) is 0 Å². The van der Waals surface area contributed by atoms with Crippen LogP contribution < -0.4 is 6.15 Å². The average molecular weight is 285 g/mol. The number of allylic oxidation sites excluding steroid dienone is 3. The summed E-state index contributed by atoms with van der Waals surface area (Å²) in [6.45, 7) is 8.24. The van der Waals surface area contributed by atoms with Gasteiger partial charge in [0, 0.05) is 13.2 Å². The van der Waals surface area contributed by atoms with Gasteiger partial charge in [0.2, 0.25) is 0 Å². The van der Waals surface area contributed by atoms with E-state index < -0.39 is 5.97 Å². The van der Waals surface area contributed by atoms with Crippen molar-refractivity contribution in [2.45, 2.75) is 59.0 Å². The summed E-state index contributed by atoms with van der Waals surface area (Å²) in [5, 5.41) is 8.59. The molecule has 1 unspecified atom stereocenters. The van der Waals surface area contributed by atoms with Gasteiger partial charge in [-0.25, -0.2) is 4.79 Å². The first-order chi connectivity index (χ1) is 8.76. The summed E-state index contributed by atoms with van der Waals surface area (Å²) in [6.07, 6.45) is 9.53. The van der Waals surface area contributed by atoms with Gasteiger partial charge in [-0.2, -0.15) is 0 Å². The van der Waals surface area contributed by atoms with Crippen LogP contribution in [0.25, 0.3) is 0 Å². The SMILES string of the molecule is COC(C)(C)CCCC(C)C/C=C\C(C)=C/C(=O)O.N. The normalized spacial score (nSPS) is 14.2. The first-order valence-corrected chi connectivity index (χ1v) is 6.90. The van der Waals surface area contributed by atoms with Crippen LogP contribution in [0.4, 0.5) is 0 Å². The maximum Gasteiger partial charge on any atom is 0.328 e. The molecular weight excluding hydrogens is 254 g/mol. The molecule has 0 heterocycles. The zero-order valence-electron chi connectivity index (χ0n) is 13.6. The van der Waals surface area contributed by atoms with Gasteiger partial charge >= 0.3 is 5.97 Å². The molecule has 0 radical (unpaired) electrons. The van der Waals surface area contributed by atoms with Crippen molar-refractivity contribution in [3.8, 4) is 0 Å². The Labute approximate surface area is 123 Å². The average Bonchev–Trinajstić information content (AvgIpc) is 2.27. The third kappa shape index (κ3) is 11.9. The maximum absolute atomic E-state index is 10.4. The number of hydrogen-bond donors (Lipinski definition) is 2. The van der Waals surface area contributed by atoms with Crippen molar-refractivity contribution in [1.29, 1.82) is 0 Å². The van der Waals surface area contributed by atoms with Gasteiger partial charge in [-0.15, -0.1) is 0 Å². The zero-order chi connectivity index (χ0) is 14.9. The highest BCUT2D eigenvalue weighted by molar-refractivity contribution is 5.81. The van der Waals surface area contributed by atoms with Gasteiger partial charge in [-0.05, 0) is 45.1 Å². The fraction of sp³-hybridized carbons (Fsp3) is 0.688. The van der Waals surface area contributed by atoms with Crippen molar-refractivity contribution in [3.05, 3.63) is 23.8 Å². The van der Waals surface area contributed by atoms with Crippen LogP contribution in [0.3, 0.4) is 0 Å². The molecule has 4 N–H and O–H groups in total. The number of rotatable bonds is 9. The molecule has 0 aliphatic rings. The molecule has 0 bridgehead atoms. The van der Waals surface area contributed by atoms with Crippen molar-refractivity contribution in [2.24, 2.45) is 5.92 Å². The Kier molecular flexibility index (Phi) is 11.3. The Balaban J connectivity index is 0. The van der Waals surface area contributed by atoms with Crippen LogP contribution in [0.2, 0.25) is 0 Å². The van der Waals surface area contributed by atoms with Gasteiger partial charge in [0.25, 0.3) is 0 Å². The number of carboxylic acids is 1. The Hall–Kier alpha value is -1.13. The van der Waals surface area contributed by atoms with Crippen LogP contribution >= 0.6 is 0 Å². The van der Waals surface area contributed by atoms with Gasteiger partial charge in [-0.1, -0.05) is 31.9 Å². The van der Waals surface area contributed by atoms with Gasteiger partial charge in [-0.3, -0.25) is 0 Å². The van der Waals surface area contributed by atoms with E-state index in [1.165, 1.54) is 12.5 Å². The molecule has 0 fully saturated rings. The second-order valence-electron chi connectivity index (χ2n) is 5.83. The molecule has 0 aromatic heterocycles. The molecule has 4 heteroatoms. The molecule has 4 nitrogen and oxygen atoms in total. The lowest BCUT2D eigenvalue weighted by molar-refractivity contribution is -0.131. The Morgan fingerprint density at radius 3 is 2.50 bits per heavy atom. The molecule has 0 amide bonds. The highest BCUT2D eigenvalue weighted by atomic mass is 16.5. The molecule has 0 rings (SSSR count). The number of methoxy groups -OCH3 is 1. The predicted molar refractivity (Wildman–Crippen MR) is 84.3 cm³/mol. The van der Waals surface area contributed by atoms with Crippen molar-refractivity contribution < 1.29 is 14.6 Å². The fourth-order valence-corrected chi connectivity index (χ4v) is 1.83. The lowest BCUT2D eigenvalue weighted by Crippen LogP contribution is -2.22. The number of carboxylic acid groups (broad SMARTS) is 1.